The summed E-state index contributed by atoms with van der Waals surface area (Å²) in [5, 5.41) is 2.92. The predicted molar refractivity (Wildman–Crippen MR) is 60.2 cm³/mol. The first-order valence-electron chi connectivity index (χ1n) is 5.00. The zero-order valence-electron chi connectivity index (χ0n) is 8.94. The van der Waals surface area contributed by atoms with Crippen LogP contribution in [0.5, 0.6) is 0 Å². The Bertz CT molecular complexity index is 471. The minimum atomic E-state index is -0.225. The summed E-state index contributed by atoms with van der Waals surface area (Å²) in [5.41, 5.74) is 2.07. The Morgan fingerprint density at radius 2 is 2.19 bits per heavy atom. The lowest BCUT2D eigenvalue weighted by Gasteiger charge is -2.05. The van der Waals surface area contributed by atoms with Gasteiger partial charge in [0.1, 0.15) is 5.82 Å². The number of aromatic nitrogens is 2. The van der Waals surface area contributed by atoms with Crippen molar-refractivity contribution in [2.75, 3.05) is 7.05 Å². The second-order valence-corrected chi connectivity index (χ2v) is 3.43. The van der Waals surface area contributed by atoms with E-state index in [9.17, 15) is 4.39 Å². The third-order valence-electron chi connectivity index (χ3n) is 2.28. The van der Waals surface area contributed by atoms with E-state index in [-0.39, 0.29) is 5.82 Å². The van der Waals surface area contributed by atoms with Crippen molar-refractivity contribution in [1.82, 2.24) is 15.3 Å². The van der Waals surface area contributed by atoms with Crippen LogP contribution in [-0.2, 0) is 6.54 Å². The van der Waals surface area contributed by atoms with Crippen molar-refractivity contribution in [2.45, 2.75) is 6.54 Å². The molecule has 0 radical (unpaired) electrons. The Morgan fingerprint density at radius 1 is 1.31 bits per heavy atom. The van der Waals surface area contributed by atoms with Gasteiger partial charge in [-0.3, -0.25) is 9.97 Å². The van der Waals surface area contributed by atoms with Gasteiger partial charge in [-0.15, -0.1) is 0 Å². The Kier molecular flexibility index (Phi) is 3.22. The monoisotopic (exact) mass is 217 g/mol. The van der Waals surface area contributed by atoms with Crippen molar-refractivity contribution in [3.8, 4) is 11.3 Å². The van der Waals surface area contributed by atoms with E-state index >= 15 is 0 Å². The number of hydrogen-bond donors (Lipinski definition) is 1. The molecule has 0 aliphatic carbocycles. The van der Waals surface area contributed by atoms with Gasteiger partial charge in [-0.1, -0.05) is 12.1 Å². The molecule has 2 rings (SSSR count). The molecule has 0 fully saturated rings. The van der Waals surface area contributed by atoms with Crippen LogP contribution in [0, 0.1) is 5.82 Å². The molecule has 0 saturated heterocycles. The highest BCUT2D eigenvalue weighted by molar-refractivity contribution is 5.58. The number of halogens is 1. The Balaban J connectivity index is 2.35. The van der Waals surface area contributed by atoms with Crippen molar-refractivity contribution in [3.05, 3.63) is 48.2 Å². The summed E-state index contributed by atoms with van der Waals surface area (Å²) < 4.78 is 13.6. The molecule has 1 heterocycles. The SMILES string of the molecule is CNCc1ccc(-c2cnccn2)cc1F. The van der Waals surface area contributed by atoms with Crippen LogP contribution in [0.3, 0.4) is 0 Å². The first kappa shape index (κ1) is 10.7. The third kappa shape index (κ3) is 2.23. The van der Waals surface area contributed by atoms with Crippen LogP contribution in [0.25, 0.3) is 11.3 Å². The molecule has 0 aliphatic heterocycles. The Morgan fingerprint density at radius 3 is 2.81 bits per heavy atom. The number of rotatable bonds is 3. The van der Waals surface area contributed by atoms with E-state index in [0.29, 0.717) is 17.8 Å². The van der Waals surface area contributed by atoms with Crippen molar-refractivity contribution in [1.29, 1.82) is 0 Å². The average molecular weight is 217 g/mol. The summed E-state index contributed by atoms with van der Waals surface area (Å²) in [6, 6.07) is 5.09. The van der Waals surface area contributed by atoms with Gasteiger partial charge in [-0.05, 0) is 13.1 Å². The lowest BCUT2D eigenvalue weighted by atomic mass is 10.1. The smallest absolute Gasteiger partial charge is 0.128 e. The van der Waals surface area contributed by atoms with Crippen molar-refractivity contribution in [3.63, 3.8) is 0 Å². The fourth-order valence-corrected chi connectivity index (χ4v) is 1.49. The predicted octanol–water partition coefficient (Wildman–Crippen LogP) is 2.00. The van der Waals surface area contributed by atoms with E-state index < -0.39 is 0 Å². The first-order chi connectivity index (χ1) is 7.81. The summed E-state index contributed by atoms with van der Waals surface area (Å²) in [6.45, 7) is 0.520. The molecule has 82 valence electrons. The molecule has 16 heavy (non-hydrogen) atoms. The topological polar surface area (TPSA) is 37.8 Å². The van der Waals surface area contributed by atoms with Gasteiger partial charge in [0.2, 0.25) is 0 Å². The molecule has 4 heteroatoms. The number of nitrogens with one attached hydrogen (secondary N) is 1. The van der Waals surface area contributed by atoms with E-state index in [1.165, 1.54) is 6.07 Å². The zero-order chi connectivity index (χ0) is 11.4. The first-order valence-corrected chi connectivity index (χ1v) is 5.00. The maximum Gasteiger partial charge on any atom is 0.128 e. The van der Waals surface area contributed by atoms with Crippen molar-refractivity contribution < 1.29 is 4.39 Å². The number of hydrogen-bond acceptors (Lipinski definition) is 3. The fraction of sp³-hybridized carbons (Fsp3) is 0.167. The molecular formula is C12H12FN3. The molecule has 1 aromatic heterocycles. The zero-order valence-corrected chi connectivity index (χ0v) is 8.94. The Hall–Kier alpha value is -1.81. The van der Waals surface area contributed by atoms with Gasteiger partial charge >= 0.3 is 0 Å². The standard InChI is InChI=1S/C12H12FN3/c1-14-7-10-3-2-9(6-11(10)13)12-8-15-4-5-16-12/h2-6,8,14H,7H2,1H3. The van der Waals surface area contributed by atoms with Gasteiger partial charge in [-0.2, -0.15) is 0 Å². The second kappa shape index (κ2) is 4.81. The van der Waals surface area contributed by atoms with Gasteiger partial charge in [0.25, 0.3) is 0 Å². The van der Waals surface area contributed by atoms with Crippen LogP contribution in [0.4, 0.5) is 4.39 Å². The Labute approximate surface area is 93.4 Å². The van der Waals surface area contributed by atoms with Crippen LogP contribution >= 0.6 is 0 Å². The normalized spacial score (nSPS) is 10.4. The second-order valence-electron chi connectivity index (χ2n) is 3.43. The summed E-state index contributed by atoms with van der Waals surface area (Å²) in [5.74, 6) is -0.225. The largest absolute Gasteiger partial charge is 0.316 e. The lowest BCUT2D eigenvalue weighted by molar-refractivity contribution is 0.601. The van der Waals surface area contributed by atoms with E-state index in [1.54, 1.807) is 31.7 Å². The van der Waals surface area contributed by atoms with Gasteiger partial charge in [-0.25, -0.2) is 4.39 Å². The lowest BCUT2D eigenvalue weighted by Crippen LogP contribution is -2.06. The molecule has 0 aliphatic rings. The van der Waals surface area contributed by atoms with E-state index in [2.05, 4.69) is 15.3 Å². The molecule has 1 N–H and O–H groups in total. The molecular weight excluding hydrogens is 205 g/mol. The quantitative estimate of drug-likeness (QED) is 0.854. The third-order valence-corrected chi connectivity index (χ3v) is 2.28. The van der Waals surface area contributed by atoms with Crippen LogP contribution in [0.1, 0.15) is 5.56 Å². The van der Waals surface area contributed by atoms with Gasteiger partial charge in [0.05, 0.1) is 11.9 Å². The number of nitrogens with zero attached hydrogens (tertiary/aromatic N) is 2. The summed E-state index contributed by atoms with van der Waals surface area (Å²) >= 11 is 0. The summed E-state index contributed by atoms with van der Waals surface area (Å²) in [4.78, 5) is 8.07. The maximum atomic E-state index is 13.6. The summed E-state index contributed by atoms with van der Waals surface area (Å²) in [7, 11) is 1.79. The molecule has 0 saturated carbocycles. The fourth-order valence-electron chi connectivity index (χ4n) is 1.49. The van der Waals surface area contributed by atoms with E-state index in [4.69, 9.17) is 0 Å². The van der Waals surface area contributed by atoms with Crippen LogP contribution in [-0.4, -0.2) is 17.0 Å². The highest BCUT2D eigenvalue weighted by Gasteiger charge is 2.05. The van der Waals surface area contributed by atoms with Crippen molar-refractivity contribution in [2.24, 2.45) is 0 Å². The van der Waals surface area contributed by atoms with Crippen molar-refractivity contribution >= 4 is 0 Å². The van der Waals surface area contributed by atoms with E-state index in [1.807, 2.05) is 6.07 Å². The molecule has 0 spiro atoms. The van der Waals surface area contributed by atoms with E-state index in [0.717, 1.165) is 5.56 Å². The maximum absolute atomic E-state index is 13.6. The van der Waals surface area contributed by atoms with Gasteiger partial charge < -0.3 is 5.32 Å². The summed E-state index contributed by atoms with van der Waals surface area (Å²) in [6.07, 6.45) is 4.80. The van der Waals surface area contributed by atoms with Crippen LogP contribution in [0.15, 0.2) is 36.8 Å². The van der Waals surface area contributed by atoms with Gasteiger partial charge in [0, 0.05) is 30.1 Å². The highest BCUT2D eigenvalue weighted by atomic mass is 19.1. The minimum Gasteiger partial charge on any atom is -0.316 e. The highest BCUT2D eigenvalue weighted by Crippen LogP contribution is 2.18. The molecule has 0 amide bonds. The van der Waals surface area contributed by atoms with Crippen LogP contribution < -0.4 is 5.32 Å². The number of benzene rings is 1. The molecule has 1 aromatic carbocycles. The molecule has 2 aromatic rings. The minimum absolute atomic E-state index is 0.225. The average Bonchev–Trinajstić information content (AvgIpc) is 2.33. The molecule has 0 atom stereocenters. The van der Waals surface area contributed by atoms with Gasteiger partial charge in [0.15, 0.2) is 0 Å². The molecule has 0 bridgehead atoms. The molecule has 0 unspecified atom stereocenters. The van der Waals surface area contributed by atoms with Crippen LogP contribution in [0.2, 0.25) is 0 Å². The molecule has 3 nitrogen and oxygen atoms in total.